The molecule has 0 bridgehead atoms. The van der Waals surface area contributed by atoms with Crippen LogP contribution < -0.4 is 4.90 Å². The van der Waals surface area contributed by atoms with E-state index in [9.17, 15) is 10.1 Å². The molecule has 2 fully saturated rings. The molecule has 0 amide bonds. The van der Waals surface area contributed by atoms with Crippen LogP contribution in [0.5, 0.6) is 0 Å². The highest BCUT2D eigenvalue weighted by Gasteiger charge is 2.37. The molecule has 2 saturated carbocycles. The highest BCUT2D eigenvalue weighted by atomic mass is 16.6. The first kappa shape index (κ1) is 14.2. The molecule has 23 heavy (non-hydrogen) atoms. The van der Waals surface area contributed by atoms with Gasteiger partial charge < -0.3 is 9.32 Å². The van der Waals surface area contributed by atoms with Crippen LogP contribution in [0.25, 0.3) is 0 Å². The van der Waals surface area contributed by atoms with E-state index < -0.39 is 4.92 Å². The third kappa shape index (κ3) is 2.93. The van der Waals surface area contributed by atoms with Gasteiger partial charge in [-0.3, -0.25) is 10.1 Å². The Morgan fingerprint density at radius 2 is 2.13 bits per heavy atom. The Balaban J connectivity index is 1.51. The zero-order valence-electron chi connectivity index (χ0n) is 13.0. The molecule has 0 aliphatic heterocycles. The molecule has 6 heteroatoms. The molecule has 0 aromatic carbocycles. The lowest BCUT2D eigenvalue weighted by atomic mass is 10.3. The van der Waals surface area contributed by atoms with Crippen molar-refractivity contribution in [2.45, 2.75) is 44.7 Å². The second-order valence-electron chi connectivity index (χ2n) is 6.61. The Morgan fingerprint density at radius 3 is 2.70 bits per heavy atom. The summed E-state index contributed by atoms with van der Waals surface area (Å²) in [5.74, 6) is 4.10. The van der Waals surface area contributed by atoms with Gasteiger partial charge >= 0.3 is 0 Å². The molecule has 120 valence electrons. The highest BCUT2D eigenvalue weighted by molar-refractivity contribution is 5.45. The van der Waals surface area contributed by atoms with Crippen molar-refractivity contribution in [2.24, 2.45) is 5.92 Å². The standard InChI is InChI=1S/C17H19N3O3/c1-11-8-15(11)16-6-5-14(23-16)10-19(12-2-3-12)17-7-4-13(9-18-17)20(21)22/h4-7,9,11-12,15H,2-3,8,10H2,1H3. The summed E-state index contributed by atoms with van der Waals surface area (Å²) in [6, 6.07) is 7.82. The minimum atomic E-state index is -0.423. The summed E-state index contributed by atoms with van der Waals surface area (Å²) in [6.45, 7) is 2.90. The van der Waals surface area contributed by atoms with Gasteiger partial charge in [-0.2, -0.15) is 0 Å². The summed E-state index contributed by atoms with van der Waals surface area (Å²) >= 11 is 0. The molecule has 2 heterocycles. The van der Waals surface area contributed by atoms with Crippen LogP contribution in [-0.2, 0) is 6.54 Å². The fourth-order valence-corrected chi connectivity index (χ4v) is 3.00. The Morgan fingerprint density at radius 1 is 1.35 bits per heavy atom. The molecule has 4 rings (SSSR count). The molecule has 2 unspecified atom stereocenters. The topological polar surface area (TPSA) is 72.4 Å². The number of furan rings is 1. The van der Waals surface area contributed by atoms with Crippen molar-refractivity contribution in [1.82, 2.24) is 4.98 Å². The van der Waals surface area contributed by atoms with E-state index in [-0.39, 0.29) is 5.69 Å². The van der Waals surface area contributed by atoms with Gasteiger partial charge in [0.2, 0.25) is 0 Å². The first-order chi connectivity index (χ1) is 11.1. The maximum Gasteiger partial charge on any atom is 0.287 e. The first-order valence-electron chi connectivity index (χ1n) is 8.07. The number of nitrogens with zero attached hydrogens (tertiary/aromatic N) is 3. The third-order valence-corrected chi connectivity index (χ3v) is 4.71. The number of hydrogen-bond acceptors (Lipinski definition) is 5. The lowest BCUT2D eigenvalue weighted by Gasteiger charge is -2.22. The summed E-state index contributed by atoms with van der Waals surface area (Å²) in [6.07, 6.45) is 4.80. The largest absolute Gasteiger partial charge is 0.464 e. The van der Waals surface area contributed by atoms with Crippen LogP contribution in [0.3, 0.4) is 0 Å². The van der Waals surface area contributed by atoms with E-state index in [1.807, 2.05) is 6.07 Å². The smallest absolute Gasteiger partial charge is 0.287 e. The van der Waals surface area contributed by atoms with Gasteiger partial charge in [-0.1, -0.05) is 6.92 Å². The van der Waals surface area contributed by atoms with Crippen molar-refractivity contribution in [2.75, 3.05) is 4.90 Å². The number of pyridine rings is 1. The molecule has 0 spiro atoms. The summed E-state index contributed by atoms with van der Waals surface area (Å²) in [7, 11) is 0. The Labute approximate surface area is 134 Å². The maximum absolute atomic E-state index is 10.8. The summed E-state index contributed by atoms with van der Waals surface area (Å²) < 4.78 is 5.99. The van der Waals surface area contributed by atoms with E-state index in [0.29, 0.717) is 18.5 Å². The molecule has 2 aliphatic rings. The monoisotopic (exact) mass is 313 g/mol. The quantitative estimate of drug-likeness (QED) is 0.598. The summed E-state index contributed by atoms with van der Waals surface area (Å²) in [4.78, 5) is 16.8. The zero-order chi connectivity index (χ0) is 16.0. The van der Waals surface area contributed by atoms with Crippen LogP contribution in [0.1, 0.15) is 43.6 Å². The lowest BCUT2D eigenvalue weighted by molar-refractivity contribution is -0.385. The predicted octanol–water partition coefficient (Wildman–Crippen LogP) is 3.88. The van der Waals surface area contributed by atoms with E-state index >= 15 is 0 Å². The average molecular weight is 313 g/mol. The molecule has 6 nitrogen and oxygen atoms in total. The van der Waals surface area contributed by atoms with Crippen LogP contribution in [-0.4, -0.2) is 15.9 Å². The van der Waals surface area contributed by atoms with E-state index in [1.165, 1.54) is 18.7 Å². The normalized spacial score (nSPS) is 22.8. The summed E-state index contributed by atoms with van der Waals surface area (Å²) in [5, 5.41) is 10.8. The van der Waals surface area contributed by atoms with E-state index in [1.54, 1.807) is 6.07 Å². The SMILES string of the molecule is CC1CC1c1ccc(CN(c2ccc([N+](=O)[O-])cn2)C2CC2)o1. The third-order valence-electron chi connectivity index (χ3n) is 4.71. The molecule has 2 aromatic rings. The predicted molar refractivity (Wildman–Crippen MR) is 85.3 cm³/mol. The fourth-order valence-electron chi connectivity index (χ4n) is 3.00. The Kier molecular flexibility index (Phi) is 3.32. The van der Waals surface area contributed by atoms with Crippen molar-refractivity contribution >= 4 is 11.5 Å². The second kappa shape index (κ2) is 5.37. The van der Waals surface area contributed by atoms with Gasteiger partial charge in [0.15, 0.2) is 0 Å². The van der Waals surface area contributed by atoms with Crippen LogP contribution in [0.15, 0.2) is 34.9 Å². The molecule has 2 aromatic heterocycles. The fraction of sp³-hybridized carbons (Fsp3) is 0.471. The van der Waals surface area contributed by atoms with Gasteiger partial charge in [-0.15, -0.1) is 0 Å². The van der Waals surface area contributed by atoms with E-state index in [2.05, 4.69) is 22.9 Å². The molecule has 2 aliphatic carbocycles. The molecule has 2 atom stereocenters. The van der Waals surface area contributed by atoms with Gasteiger partial charge in [0.1, 0.15) is 23.5 Å². The van der Waals surface area contributed by atoms with Crippen molar-refractivity contribution in [3.05, 3.63) is 52.1 Å². The van der Waals surface area contributed by atoms with Gasteiger partial charge in [0.25, 0.3) is 5.69 Å². The van der Waals surface area contributed by atoms with Crippen LogP contribution in [0.2, 0.25) is 0 Å². The number of hydrogen-bond donors (Lipinski definition) is 0. The average Bonchev–Trinajstić information content (AvgIpc) is 3.46. The van der Waals surface area contributed by atoms with Gasteiger partial charge in [-0.05, 0) is 43.4 Å². The molecule has 0 radical (unpaired) electrons. The van der Waals surface area contributed by atoms with Crippen LogP contribution >= 0.6 is 0 Å². The minimum absolute atomic E-state index is 0.0208. The Bertz CT molecular complexity index is 721. The summed E-state index contributed by atoms with van der Waals surface area (Å²) in [5.41, 5.74) is 0.0208. The van der Waals surface area contributed by atoms with Gasteiger partial charge in [-0.25, -0.2) is 4.98 Å². The lowest BCUT2D eigenvalue weighted by Crippen LogP contribution is -2.25. The minimum Gasteiger partial charge on any atom is -0.464 e. The maximum atomic E-state index is 10.8. The molecular formula is C17H19N3O3. The zero-order valence-corrected chi connectivity index (χ0v) is 13.0. The first-order valence-corrected chi connectivity index (χ1v) is 8.07. The van der Waals surface area contributed by atoms with Crippen LogP contribution in [0.4, 0.5) is 11.5 Å². The molecule has 0 N–H and O–H groups in total. The van der Waals surface area contributed by atoms with Gasteiger partial charge in [0.05, 0.1) is 11.5 Å². The number of rotatable bonds is 6. The van der Waals surface area contributed by atoms with Crippen molar-refractivity contribution < 1.29 is 9.34 Å². The molecular weight excluding hydrogens is 294 g/mol. The number of anilines is 1. The highest BCUT2D eigenvalue weighted by Crippen LogP contribution is 2.47. The molecule has 0 saturated heterocycles. The van der Waals surface area contributed by atoms with Crippen molar-refractivity contribution in [3.8, 4) is 0 Å². The second-order valence-corrected chi connectivity index (χ2v) is 6.61. The van der Waals surface area contributed by atoms with Crippen molar-refractivity contribution in [3.63, 3.8) is 0 Å². The number of nitro groups is 1. The van der Waals surface area contributed by atoms with Crippen molar-refractivity contribution in [1.29, 1.82) is 0 Å². The Hall–Kier alpha value is -2.37. The van der Waals surface area contributed by atoms with E-state index in [4.69, 9.17) is 4.42 Å². The van der Waals surface area contributed by atoms with E-state index in [0.717, 1.165) is 36.1 Å². The van der Waals surface area contributed by atoms with Crippen LogP contribution in [0, 0.1) is 16.0 Å². The van der Waals surface area contributed by atoms with Gasteiger partial charge in [0, 0.05) is 18.0 Å². The number of aromatic nitrogens is 1.